The summed E-state index contributed by atoms with van der Waals surface area (Å²) in [6.45, 7) is 6.51. The summed E-state index contributed by atoms with van der Waals surface area (Å²) in [5.41, 5.74) is 2.00. The molecule has 3 unspecified atom stereocenters. The molecule has 1 saturated carbocycles. The number of esters is 1. The number of hydrogen-bond acceptors (Lipinski definition) is 2. The molecule has 0 amide bonds. The highest BCUT2D eigenvalue weighted by Crippen LogP contribution is 2.40. The first-order chi connectivity index (χ1) is 9.43. The van der Waals surface area contributed by atoms with Gasteiger partial charge in [-0.1, -0.05) is 45.1 Å². The molecule has 0 radical (unpaired) electrons. The Balaban J connectivity index is 1.67. The number of benzene rings is 1. The van der Waals surface area contributed by atoms with Crippen molar-refractivity contribution in [1.29, 1.82) is 0 Å². The standard InChI is InChI=1S/C18H22O2/c1-18(2,3)15-8-6-13(7-9-15)17(19)20-16-11-12-4-5-14(16)10-12/h4-9,12,14,16H,10-11H2,1-3H3. The van der Waals surface area contributed by atoms with Gasteiger partial charge in [0.15, 0.2) is 0 Å². The van der Waals surface area contributed by atoms with Crippen molar-refractivity contribution in [2.24, 2.45) is 11.8 Å². The van der Waals surface area contributed by atoms with Gasteiger partial charge in [0.2, 0.25) is 0 Å². The van der Waals surface area contributed by atoms with Crippen LogP contribution in [0.3, 0.4) is 0 Å². The average molecular weight is 270 g/mol. The van der Waals surface area contributed by atoms with Gasteiger partial charge in [-0.25, -0.2) is 4.79 Å². The van der Waals surface area contributed by atoms with Crippen molar-refractivity contribution in [1.82, 2.24) is 0 Å². The minimum atomic E-state index is -0.184. The second-order valence-electron chi connectivity index (χ2n) is 7.05. The largest absolute Gasteiger partial charge is 0.458 e. The van der Waals surface area contributed by atoms with E-state index in [2.05, 4.69) is 32.9 Å². The van der Waals surface area contributed by atoms with Crippen LogP contribution in [0.15, 0.2) is 36.4 Å². The zero-order valence-corrected chi connectivity index (χ0v) is 12.4. The van der Waals surface area contributed by atoms with Crippen molar-refractivity contribution in [3.05, 3.63) is 47.5 Å². The van der Waals surface area contributed by atoms with Crippen LogP contribution in [0.2, 0.25) is 0 Å². The third-order valence-electron chi connectivity index (χ3n) is 4.46. The molecule has 0 aliphatic heterocycles. The van der Waals surface area contributed by atoms with Gasteiger partial charge in [-0.3, -0.25) is 0 Å². The number of rotatable bonds is 2. The van der Waals surface area contributed by atoms with E-state index in [1.165, 1.54) is 5.56 Å². The number of fused-ring (bicyclic) bond motifs is 2. The lowest BCUT2D eigenvalue weighted by Crippen LogP contribution is -2.22. The quantitative estimate of drug-likeness (QED) is 0.597. The van der Waals surface area contributed by atoms with Gasteiger partial charge in [0.05, 0.1) is 5.56 Å². The van der Waals surface area contributed by atoms with Crippen LogP contribution in [0, 0.1) is 11.8 Å². The molecule has 2 heteroatoms. The Morgan fingerprint density at radius 1 is 1.10 bits per heavy atom. The molecular weight excluding hydrogens is 248 g/mol. The second kappa shape index (κ2) is 4.76. The van der Waals surface area contributed by atoms with E-state index in [0.717, 1.165) is 12.8 Å². The third-order valence-corrected chi connectivity index (χ3v) is 4.46. The van der Waals surface area contributed by atoms with Crippen molar-refractivity contribution in [2.45, 2.75) is 45.1 Å². The van der Waals surface area contributed by atoms with Crippen LogP contribution >= 0.6 is 0 Å². The molecule has 0 saturated heterocycles. The maximum absolute atomic E-state index is 12.2. The molecule has 2 aliphatic rings. The summed E-state index contributed by atoms with van der Waals surface area (Å²) in [5, 5.41) is 0. The van der Waals surface area contributed by atoms with Gasteiger partial charge in [0.25, 0.3) is 0 Å². The van der Waals surface area contributed by atoms with Gasteiger partial charge >= 0.3 is 5.97 Å². The molecule has 1 aromatic carbocycles. The second-order valence-corrected chi connectivity index (χ2v) is 7.05. The molecular formula is C18H22O2. The first-order valence-corrected chi connectivity index (χ1v) is 7.43. The number of carbonyl (C=O) groups is 1. The Labute approximate surface area is 120 Å². The molecule has 20 heavy (non-hydrogen) atoms. The topological polar surface area (TPSA) is 26.3 Å². The molecule has 2 nitrogen and oxygen atoms in total. The Kier molecular flexibility index (Phi) is 3.19. The summed E-state index contributed by atoms with van der Waals surface area (Å²) in [7, 11) is 0. The smallest absolute Gasteiger partial charge is 0.338 e. The van der Waals surface area contributed by atoms with Crippen molar-refractivity contribution in [3.63, 3.8) is 0 Å². The SMILES string of the molecule is CC(C)(C)c1ccc(C(=O)OC2CC3C=CC2C3)cc1. The molecule has 3 atom stereocenters. The first-order valence-electron chi connectivity index (χ1n) is 7.43. The average Bonchev–Trinajstić information content (AvgIpc) is 3.00. The minimum Gasteiger partial charge on any atom is -0.458 e. The number of hydrogen-bond donors (Lipinski definition) is 0. The fourth-order valence-corrected chi connectivity index (χ4v) is 3.18. The summed E-state index contributed by atoms with van der Waals surface area (Å²) in [4.78, 5) is 12.2. The lowest BCUT2D eigenvalue weighted by atomic mass is 9.87. The molecule has 0 N–H and O–H groups in total. The highest BCUT2D eigenvalue weighted by molar-refractivity contribution is 5.89. The van der Waals surface area contributed by atoms with Crippen molar-refractivity contribution in [3.8, 4) is 0 Å². The fourth-order valence-electron chi connectivity index (χ4n) is 3.18. The summed E-state index contributed by atoms with van der Waals surface area (Å²) < 4.78 is 5.67. The van der Waals surface area contributed by atoms with Crippen LogP contribution in [0.25, 0.3) is 0 Å². The Morgan fingerprint density at radius 2 is 1.80 bits per heavy atom. The zero-order valence-electron chi connectivity index (χ0n) is 12.4. The van der Waals surface area contributed by atoms with Gasteiger partial charge in [0, 0.05) is 5.92 Å². The Hall–Kier alpha value is -1.57. The summed E-state index contributed by atoms with van der Waals surface area (Å²) in [6, 6.07) is 7.81. The van der Waals surface area contributed by atoms with Gasteiger partial charge in [0.1, 0.15) is 6.10 Å². The molecule has 2 aliphatic carbocycles. The van der Waals surface area contributed by atoms with E-state index in [0.29, 0.717) is 17.4 Å². The summed E-state index contributed by atoms with van der Waals surface area (Å²) in [6.07, 6.45) is 6.69. The van der Waals surface area contributed by atoms with E-state index in [-0.39, 0.29) is 17.5 Å². The normalized spacial score (nSPS) is 27.9. The molecule has 0 spiro atoms. The van der Waals surface area contributed by atoms with Crippen LogP contribution < -0.4 is 0 Å². The summed E-state index contributed by atoms with van der Waals surface area (Å²) >= 11 is 0. The molecule has 1 fully saturated rings. The molecule has 0 aromatic heterocycles. The molecule has 3 rings (SSSR count). The maximum Gasteiger partial charge on any atom is 0.338 e. The molecule has 2 bridgehead atoms. The lowest BCUT2D eigenvalue weighted by Gasteiger charge is -2.20. The van der Waals surface area contributed by atoms with Crippen molar-refractivity contribution >= 4 is 5.97 Å². The van der Waals surface area contributed by atoms with Gasteiger partial charge in [-0.2, -0.15) is 0 Å². The number of ether oxygens (including phenoxy) is 1. The summed E-state index contributed by atoms with van der Waals surface area (Å²) in [5.74, 6) is 0.885. The van der Waals surface area contributed by atoms with Gasteiger partial charge in [-0.15, -0.1) is 0 Å². The van der Waals surface area contributed by atoms with E-state index in [1.54, 1.807) is 0 Å². The first kappa shape index (κ1) is 13.4. The van der Waals surface area contributed by atoms with Crippen LogP contribution in [0.5, 0.6) is 0 Å². The number of carbonyl (C=O) groups excluding carboxylic acids is 1. The predicted octanol–water partition coefficient (Wildman–Crippen LogP) is 4.11. The predicted molar refractivity (Wildman–Crippen MR) is 79.7 cm³/mol. The lowest BCUT2D eigenvalue weighted by molar-refractivity contribution is 0.0242. The van der Waals surface area contributed by atoms with E-state index < -0.39 is 0 Å². The van der Waals surface area contributed by atoms with Crippen molar-refractivity contribution in [2.75, 3.05) is 0 Å². The molecule has 106 valence electrons. The third kappa shape index (κ3) is 2.52. The van der Waals surface area contributed by atoms with Crippen LogP contribution in [-0.4, -0.2) is 12.1 Å². The van der Waals surface area contributed by atoms with E-state index in [9.17, 15) is 4.79 Å². The van der Waals surface area contributed by atoms with Crippen molar-refractivity contribution < 1.29 is 9.53 Å². The fraction of sp³-hybridized carbons (Fsp3) is 0.500. The Bertz CT molecular complexity index is 534. The van der Waals surface area contributed by atoms with Gasteiger partial charge in [-0.05, 0) is 41.9 Å². The molecule has 1 aromatic rings. The maximum atomic E-state index is 12.2. The van der Waals surface area contributed by atoms with E-state index in [4.69, 9.17) is 4.74 Å². The molecule has 0 heterocycles. The highest BCUT2D eigenvalue weighted by atomic mass is 16.5. The van der Waals surface area contributed by atoms with E-state index >= 15 is 0 Å². The monoisotopic (exact) mass is 270 g/mol. The van der Waals surface area contributed by atoms with Crippen LogP contribution in [0.4, 0.5) is 0 Å². The Morgan fingerprint density at radius 3 is 2.30 bits per heavy atom. The highest BCUT2D eigenvalue weighted by Gasteiger charge is 2.38. The van der Waals surface area contributed by atoms with Crippen LogP contribution in [-0.2, 0) is 10.2 Å². The number of allylic oxidation sites excluding steroid dienone is 1. The zero-order chi connectivity index (χ0) is 14.3. The van der Waals surface area contributed by atoms with Gasteiger partial charge < -0.3 is 4.74 Å². The minimum absolute atomic E-state index is 0.0831. The van der Waals surface area contributed by atoms with E-state index in [1.807, 2.05) is 24.3 Å². The van der Waals surface area contributed by atoms with Crippen LogP contribution in [0.1, 0.15) is 49.5 Å².